The van der Waals surface area contributed by atoms with E-state index in [2.05, 4.69) is 60.7 Å². The first-order chi connectivity index (χ1) is 12.9. The number of nitrogens with zero attached hydrogens (tertiary/aromatic N) is 4. The Morgan fingerprint density at radius 2 is 1.81 bits per heavy atom. The molecular formula is C20H24ClN5S. The van der Waals surface area contributed by atoms with Crippen molar-refractivity contribution in [2.24, 2.45) is 7.05 Å². The second kappa shape index (κ2) is 8.31. The van der Waals surface area contributed by atoms with Crippen LogP contribution in [0.25, 0.3) is 11.3 Å². The van der Waals surface area contributed by atoms with E-state index in [9.17, 15) is 0 Å². The third-order valence-electron chi connectivity index (χ3n) is 4.26. The van der Waals surface area contributed by atoms with Gasteiger partial charge in [-0.1, -0.05) is 63.6 Å². The molecule has 0 amide bonds. The van der Waals surface area contributed by atoms with E-state index >= 15 is 0 Å². The second-order valence-electron chi connectivity index (χ2n) is 7.05. The van der Waals surface area contributed by atoms with E-state index in [-0.39, 0.29) is 5.92 Å². The van der Waals surface area contributed by atoms with E-state index in [0.29, 0.717) is 17.0 Å². The van der Waals surface area contributed by atoms with Crippen LogP contribution in [0.5, 0.6) is 0 Å². The fourth-order valence-corrected chi connectivity index (χ4v) is 3.97. The van der Waals surface area contributed by atoms with Gasteiger partial charge in [0, 0.05) is 24.4 Å². The van der Waals surface area contributed by atoms with Crippen molar-refractivity contribution in [3.63, 3.8) is 0 Å². The van der Waals surface area contributed by atoms with E-state index in [1.54, 1.807) is 10.9 Å². The zero-order valence-electron chi connectivity index (χ0n) is 16.2. The minimum absolute atomic E-state index is 0.216. The van der Waals surface area contributed by atoms with Gasteiger partial charge < -0.3 is 0 Å². The highest BCUT2D eigenvalue weighted by molar-refractivity contribution is 8.00. The molecule has 1 N–H and O–H groups in total. The summed E-state index contributed by atoms with van der Waals surface area (Å²) in [7, 11) is 1.88. The predicted octanol–water partition coefficient (Wildman–Crippen LogP) is 5.90. The molecule has 1 aromatic carbocycles. The van der Waals surface area contributed by atoms with Gasteiger partial charge >= 0.3 is 0 Å². The molecule has 2 heterocycles. The Balaban J connectivity index is 2.04. The number of hydrogen-bond acceptors (Lipinski definition) is 5. The molecule has 0 aliphatic carbocycles. The quantitative estimate of drug-likeness (QED) is 0.411. The number of halogens is 1. The zero-order valence-corrected chi connectivity index (χ0v) is 17.8. The van der Waals surface area contributed by atoms with Crippen LogP contribution >= 0.6 is 23.5 Å². The van der Waals surface area contributed by atoms with Gasteiger partial charge in [0.05, 0.1) is 16.8 Å². The van der Waals surface area contributed by atoms with Crippen LogP contribution in [0.3, 0.4) is 0 Å². The van der Waals surface area contributed by atoms with Crippen molar-refractivity contribution >= 4 is 29.5 Å². The third kappa shape index (κ3) is 4.45. The van der Waals surface area contributed by atoms with Gasteiger partial charge in [0.15, 0.2) is 0 Å². The SMILES string of the molecule is CC(C)c1ccccc1-c1nc(NSc2cnn(C)c2)nc(Cl)c1C(C)C. The van der Waals surface area contributed by atoms with Crippen molar-refractivity contribution in [3.8, 4) is 11.3 Å². The molecule has 0 saturated carbocycles. The standard InChI is InChI=1S/C20H24ClN5S/c1-12(2)15-8-6-7-9-16(15)18-17(13(3)4)19(21)24-20(23-18)25-27-14-10-22-26(5)11-14/h6-13H,1-5H3,(H,23,24,25). The van der Waals surface area contributed by atoms with Gasteiger partial charge in [-0.25, -0.2) is 9.97 Å². The Hall–Kier alpha value is -2.05. The molecule has 142 valence electrons. The average molecular weight is 402 g/mol. The first-order valence-electron chi connectivity index (χ1n) is 8.95. The lowest BCUT2D eigenvalue weighted by atomic mass is 9.91. The zero-order chi connectivity index (χ0) is 19.6. The first-order valence-corrected chi connectivity index (χ1v) is 10.1. The minimum Gasteiger partial charge on any atom is -0.294 e. The van der Waals surface area contributed by atoms with Crippen molar-refractivity contribution in [1.29, 1.82) is 0 Å². The molecule has 3 aromatic rings. The summed E-state index contributed by atoms with van der Waals surface area (Å²) in [6, 6.07) is 8.36. The van der Waals surface area contributed by atoms with Gasteiger partial charge in [0.1, 0.15) is 5.15 Å². The van der Waals surface area contributed by atoms with Crippen LogP contribution in [0.1, 0.15) is 50.7 Å². The summed E-state index contributed by atoms with van der Waals surface area (Å²) < 4.78 is 4.95. The van der Waals surface area contributed by atoms with E-state index in [1.165, 1.54) is 17.5 Å². The number of anilines is 1. The van der Waals surface area contributed by atoms with Crippen molar-refractivity contribution in [1.82, 2.24) is 19.7 Å². The summed E-state index contributed by atoms with van der Waals surface area (Å²) in [6.07, 6.45) is 3.72. The Morgan fingerprint density at radius 1 is 1.07 bits per heavy atom. The highest BCUT2D eigenvalue weighted by atomic mass is 35.5. The van der Waals surface area contributed by atoms with Crippen LogP contribution in [0.15, 0.2) is 41.6 Å². The van der Waals surface area contributed by atoms with Crippen LogP contribution in [0, 0.1) is 0 Å². The molecule has 27 heavy (non-hydrogen) atoms. The second-order valence-corrected chi connectivity index (χ2v) is 8.29. The molecule has 5 nitrogen and oxygen atoms in total. The van der Waals surface area contributed by atoms with E-state index < -0.39 is 0 Å². The fourth-order valence-electron chi connectivity index (χ4n) is 2.98. The lowest BCUT2D eigenvalue weighted by molar-refractivity contribution is 0.766. The van der Waals surface area contributed by atoms with Crippen molar-refractivity contribution < 1.29 is 0 Å². The molecular weight excluding hydrogens is 378 g/mol. The highest BCUT2D eigenvalue weighted by Crippen LogP contribution is 2.37. The molecule has 0 bridgehead atoms. The number of rotatable bonds is 6. The number of aryl methyl sites for hydroxylation is 1. The molecule has 0 spiro atoms. The minimum atomic E-state index is 0.216. The summed E-state index contributed by atoms with van der Waals surface area (Å²) in [5.41, 5.74) is 4.22. The molecule has 0 fully saturated rings. The maximum atomic E-state index is 6.58. The Bertz CT molecular complexity index is 936. The molecule has 2 aromatic heterocycles. The Kier molecular flexibility index (Phi) is 6.07. The van der Waals surface area contributed by atoms with Gasteiger partial charge in [-0.2, -0.15) is 5.10 Å². The van der Waals surface area contributed by atoms with Gasteiger partial charge in [-0.3, -0.25) is 9.40 Å². The molecule has 0 radical (unpaired) electrons. The molecule has 3 rings (SSSR count). The molecule has 0 aliphatic heterocycles. The molecule has 0 unspecified atom stereocenters. The van der Waals surface area contributed by atoms with Crippen LogP contribution in [-0.2, 0) is 7.05 Å². The lowest BCUT2D eigenvalue weighted by Gasteiger charge is -2.19. The maximum absolute atomic E-state index is 6.58. The largest absolute Gasteiger partial charge is 0.294 e. The fraction of sp³-hybridized carbons (Fsp3) is 0.350. The van der Waals surface area contributed by atoms with E-state index in [1.807, 2.05) is 19.3 Å². The van der Waals surface area contributed by atoms with Crippen LogP contribution < -0.4 is 4.72 Å². The topological polar surface area (TPSA) is 55.6 Å². The number of nitrogens with one attached hydrogen (secondary N) is 1. The normalized spacial score (nSPS) is 11.4. The Morgan fingerprint density at radius 3 is 2.44 bits per heavy atom. The first kappa shape index (κ1) is 19.7. The van der Waals surface area contributed by atoms with Crippen molar-refractivity contribution in [3.05, 3.63) is 52.9 Å². The lowest BCUT2D eigenvalue weighted by Crippen LogP contribution is -2.05. The van der Waals surface area contributed by atoms with Crippen LogP contribution in [0.2, 0.25) is 5.15 Å². The summed E-state index contributed by atoms with van der Waals surface area (Å²) in [5, 5.41) is 4.66. The Labute approximate surface area is 169 Å². The molecule has 7 heteroatoms. The van der Waals surface area contributed by atoms with E-state index in [4.69, 9.17) is 16.6 Å². The molecule has 0 atom stereocenters. The third-order valence-corrected chi connectivity index (χ3v) is 5.28. The smallest absolute Gasteiger partial charge is 0.235 e. The number of benzene rings is 1. The van der Waals surface area contributed by atoms with Gasteiger partial charge in [0.25, 0.3) is 0 Å². The summed E-state index contributed by atoms with van der Waals surface area (Å²) in [5.74, 6) is 1.09. The van der Waals surface area contributed by atoms with Crippen LogP contribution in [-0.4, -0.2) is 19.7 Å². The average Bonchev–Trinajstić information content (AvgIpc) is 3.04. The summed E-state index contributed by atoms with van der Waals surface area (Å²) in [4.78, 5) is 10.3. The number of aromatic nitrogens is 4. The van der Waals surface area contributed by atoms with Crippen molar-refractivity contribution in [2.75, 3.05) is 4.72 Å². The summed E-state index contributed by atoms with van der Waals surface area (Å²) >= 11 is 8.00. The van der Waals surface area contributed by atoms with Gasteiger partial charge in [-0.15, -0.1) is 0 Å². The molecule has 0 aliphatic rings. The predicted molar refractivity (Wildman–Crippen MR) is 113 cm³/mol. The molecule has 0 saturated heterocycles. The highest BCUT2D eigenvalue weighted by Gasteiger charge is 2.20. The summed E-state index contributed by atoms with van der Waals surface area (Å²) in [6.45, 7) is 8.61. The van der Waals surface area contributed by atoms with Crippen molar-refractivity contribution in [2.45, 2.75) is 44.4 Å². The maximum Gasteiger partial charge on any atom is 0.235 e. The number of hydrogen-bond donors (Lipinski definition) is 1. The van der Waals surface area contributed by atoms with E-state index in [0.717, 1.165) is 21.7 Å². The van der Waals surface area contributed by atoms with Crippen LogP contribution in [0.4, 0.5) is 5.95 Å². The monoisotopic (exact) mass is 401 g/mol. The van der Waals surface area contributed by atoms with Gasteiger partial charge in [0.2, 0.25) is 5.95 Å². The van der Waals surface area contributed by atoms with Gasteiger partial charge in [-0.05, 0) is 29.3 Å².